The number of anilines is 1. The number of benzene rings is 3. The average molecular weight is 454 g/mol. The first kappa shape index (κ1) is 19.6. The molecule has 0 radical (unpaired) electrons. The number of carbonyl (C=O) groups excluding carboxylic acids is 2. The summed E-state index contributed by atoms with van der Waals surface area (Å²) < 4.78 is 40.3. The molecule has 7 heteroatoms. The van der Waals surface area contributed by atoms with E-state index in [1.807, 2.05) is 48.5 Å². The Balaban J connectivity index is 1.52. The smallest absolute Gasteiger partial charge is 0.274 e. The number of hydrogen-bond acceptors (Lipinski definition) is 2. The Kier molecular flexibility index (Phi) is 3.94. The summed E-state index contributed by atoms with van der Waals surface area (Å²) >= 11 is 5.75. The molecule has 0 aromatic heterocycles. The Bertz CT molecular complexity index is 1200. The third kappa shape index (κ3) is 2.44. The largest absolute Gasteiger partial charge is 0.417 e. The van der Waals surface area contributed by atoms with Crippen molar-refractivity contribution in [1.82, 2.24) is 0 Å². The van der Waals surface area contributed by atoms with Gasteiger partial charge in [0.05, 0.1) is 28.1 Å². The fourth-order valence-corrected chi connectivity index (χ4v) is 6.03. The van der Waals surface area contributed by atoms with Crippen LogP contribution in [-0.2, 0) is 15.8 Å². The SMILES string of the molecule is O=C1[C@H]2C3c4ccccc4C(c4ccccc43)[C@@H]2C(=O)N1c1ccc(Cl)c(C(F)(F)F)c1. The first-order valence-corrected chi connectivity index (χ1v) is 10.6. The van der Waals surface area contributed by atoms with E-state index < -0.39 is 40.4 Å². The lowest BCUT2D eigenvalue weighted by Crippen LogP contribution is -2.41. The summed E-state index contributed by atoms with van der Waals surface area (Å²) in [5.41, 5.74) is 2.86. The summed E-state index contributed by atoms with van der Waals surface area (Å²) in [5.74, 6) is -2.85. The van der Waals surface area contributed by atoms with Crippen LogP contribution in [0, 0.1) is 11.8 Å². The van der Waals surface area contributed by atoms with Gasteiger partial charge in [-0.3, -0.25) is 9.59 Å². The van der Waals surface area contributed by atoms with Gasteiger partial charge in [-0.1, -0.05) is 60.1 Å². The summed E-state index contributed by atoms with van der Waals surface area (Å²) in [7, 11) is 0. The second-order valence-corrected chi connectivity index (χ2v) is 8.85. The van der Waals surface area contributed by atoms with Gasteiger partial charge in [0.25, 0.3) is 0 Å². The second kappa shape index (κ2) is 6.45. The van der Waals surface area contributed by atoms with E-state index in [2.05, 4.69) is 0 Å². The minimum atomic E-state index is -4.70. The highest BCUT2D eigenvalue weighted by atomic mass is 35.5. The molecule has 1 saturated heterocycles. The van der Waals surface area contributed by atoms with E-state index >= 15 is 0 Å². The minimum Gasteiger partial charge on any atom is -0.274 e. The molecular formula is C25H15ClF3NO2. The van der Waals surface area contributed by atoms with Crippen molar-refractivity contribution >= 4 is 29.1 Å². The summed E-state index contributed by atoms with van der Waals surface area (Å²) in [4.78, 5) is 28.1. The summed E-state index contributed by atoms with van der Waals surface area (Å²) in [5, 5.41) is -0.474. The molecule has 1 aliphatic heterocycles. The normalized spacial score (nSPS) is 25.6. The van der Waals surface area contributed by atoms with Crippen LogP contribution in [0.2, 0.25) is 5.02 Å². The molecule has 2 amide bonds. The van der Waals surface area contributed by atoms with Gasteiger partial charge in [-0.15, -0.1) is 0 Å². The maximum Gasteiger partial charge on any atom is 0.417 e. The maximum absolute atomic E-state index is 13.6. The van der Waals surface area contributed by atoms with Gasteiger partial charge in [-0.05, 0) is 40.5 Å². The van der Waals surface area contributed by atoms with Crippen molar-refractivity contribution in [2.45, 2.75) is 18.0 Å². The molecule has 32 heavy (non-hydrogen) atoms. The molecule has 1 fully saturated rings. The Labute approximate surface area is 186 Å². The van der Waals surface area contributed by atoms with Gasteiger partial charge in [-0.2, -0.15) is 13.2 Å². The zero-order chi connectivity index (χ0) is 22.4. The van der Waals surface area contributed by atoms with E-state index in [-0.39, 0.29) is 17.5 Å². The van der Waals surface area contributed by atoms with Gasteiger partial charge in [0.2, 0.25) is 11.8 Å². The first-order valence-electron chi connectivity index (χ1n) is 10.2. The van der Waals surface area contributed by atoms with Crippen molar-refractivity contribution in [3.8, 4) is 0 Å². The number of imide groups is 1. The molecule has 0 saturated carbocycles. The second-order valence-electron chi connectivity index (χ2n) is 8.44. The van der Waals surface area contributed by atoms with Crippen LogP contribution < -0.4 is 4.90 Å². The van der Waals surface area contributed by atoms with Gasteiger partial charge in [0, 0.05) is 11.8 Å². The number of carbonyl (C=O) groups is 2. The van der Waals surface area contributed by atoms with Crippen molar-refractivity contribution in [3.63, 3.8) is 0 Å². The summed E-state index contributed by atoms with van der Waals surface area (Å²) in [6, 6.07) is 18.7. The molecule has 3 nitrogen and oxygen atoms in total. The van der Waals surface area contributed by atoms with E-state index in [4.69, 9.17) is 11.6 Å². The van der Waals surface area contributed by atoms with Crippen LogP contribution in [0.15, 0.2) is 66.7 Å². The average Bonchev–Trinajstić information content (AvgIpc) is 3.04. The van der Waals surface area contributed by atoms with E-state index in [9.17, 15) is 22.8 Å². The quantitative estimate of drug-likeness (QED) is 0.440. The molecule has 3 aromatic carbocycles. The lowest BCUT2D eigenvalue weighted by Gasteiger charge is -2.45. The van der Waals surface area contributed by atoms with E-state index in [1.165, 1.54) is 6.07 Å². The highest BCUT2D eigenvalue weighted by Crippen LogP contribution is 2.61. The van der Waals surface area contributed by atoms with Gasteiger partial charge < -0.3 is 0 Å². The molecular weight excluding hydrogens is 439 g/mol. The van der Waals surface area contributed by atoms with Crippen molar-refractivity contribution in [2.75, 3.05) is 4.90 Å². The predicted molar refractivity (Wildman–Crippen MR) is 112 cm³/mol. The summed E-state index contributed by atoms with van der Waals surface area (Å²) in [6.45, 7) is 0. The zero-order valence-corrected chi connectivity index (χ0v) is 17.2. The number of rotatable bonds is 1. The molecule has 4 aliphatic rings. The third-order valence-electron chi connectivity index (χ3n) is 6.96. The highest BCUT2D eigenvalue weighted by Gasteiger charge is 2.61. The number of nitrogens with zero attached hydrogens (tertiary/aromatic N) is 1. The molecule has 0 unspecified atom stereocenters. The molecule has 2 bridgehead atoms. The van der Waals surface area contributed by atoms with Crippen LogP contribution in [0.1, 0.15) is 39.7 Å². The Morgan fingerprint density at radius 3 is 1.56 bits per heavy atom. The third-order valence-corrected chi connectivity index (χ3v) is 7.29. The number of amides is 2. The van der Waals surface area contributed by atoms with Gasteiger partial charge >= 0.3 is 6.18 Å². The van der Waals surface area contributed by atoms with Crippen molar-refractivity contribution < 1.29 is 22.8 Å². The standard InChI is InChI=1S/C25H15ClF3NO2/c26-18-10-9-12(11-17(18)25(27,28)29)30-23(31)21-19-13-5-1-2-6-14(13)20(22(21)24(30)32)16-8-4-3-7-15(16)19/h1-11,19-22H/t19?,20?,21-,22-/m0/s1. The Morgan fingerprint density at radius 1 is 0.719 bits per heavy atom. The van der Waals surface area contributed by atoms with Crippen LogP contribution in [0.25, 0.3) is 0 Å². The monoisotopic (exact) mass is 453 g/mol. The van der Waals surface area contributed by atoms with Crippen LogP contribution in [0.4, 0.5) is 18.9 Å². The van der Waals surface area contributed by atoms with E-state index in [0.29, 0.717) is 0 Å². The Hall–Kier alpha value is -3.12. The maximum atomic E-state index is 13.6. The lowest BCUT2D eigenvalue weighted by atomic mass is 9.55. The van der Waals surface area contributed by atoms with E-state index in [0.717, 1.165) is 39.3 Å². The van der Waals surface area contributed by atoms with Crippen LogP contribution >= 0.6 is 11.6 Å². The molecule has 160 valence electrons. The number of hydrogen-bond donors (Lipinski definition) is 0. The minimum absolute atomic E-state index is 0.0985. The van der Waals surface area contributed by atoms with Crippen molar-refractivity contribution in [3.05, 3.63) is 99.6 Å². The fourth-order valence-electron chi connectivity index (χ4n) is 5.80. The van der Waals surface area contributed by atoms with E-state index in [1.54, 1.807) is 0 Å². The zero-order valence-electron chi connectivity index (χ0n) is 16.4. The topological polar surface area (TPSA) is 37.4 Å². The molecule has 3 aromatic rings. The molecule has 0 spiro atoms. The van der Waals surface area contributed by atoms with Gasteiger partial charge in [-0.25, -0.2) is 4.90 Å². The highest BCUT2D eigenvalue weighted by molar-refractivity contribution is 6.31. The van der Waals surface area contributed by atoms with Gasteiger partial charge in [0.1, 0.15) is 0 Å². The van der Waals surface area contributed by atoms with Gasteiger partial charge in [0.15, 0.2) is 0 Å². The lowest BCUT2D eigenvalue weighted by molar-refractivity contribution is -0.137. The first-order chi connectivity index (χ1) is 15.3. The van der Waals surface area contributed by atoms with Crippen LogP contribution in [0.5, 0.6) is 0 Å². The predicted octanol–water partition coefficient (Wildman–Crippen LogP) is 5.76. The van der Waals surface area contributed by atoms with Crippen LogP contribution in [0.3, 0.4) is 0 Å². The molecule has 7 rings (SSSR count). The Morgan fingerprint density at radius 2 is 1.16 bits per heavy atom. The van der Waals surface area contributed by atoms with Crippen molar-refractivity contribution in [1.29, 1.82) is 0 Å². The van der Waals surface area contributed by atoms with Crippen molar-refractivity contribution in [2.24, 2.45) is 11.8 Å². The van der Waals surface area contributed by atoms with Crippen LogP contribution in [-0.4, -0.2) is 11.8 Å². The summed E-state index contributed by atoms with van der Waals surface area (Å²) in [6.07, 6.45) is -4.70. The molecule has 3 aliphatic carbocycles. The number of alkyl halides is 3. The molecule has 2 atom stereocenters. The fraction of sp³-hybridized carbons (Fsp3) is 0.200. The number of halogens is 4. The molecule has 0 N–H and O–H groups in total. The molecule has 1 heterocycles.